The smallest absolute Gasteiger partial charge is 0.365 e. The molecule has 0 aromatic carbocycles. The van der Waals surface area contributed by atoms with E-state index in [4.69, 9.17) is 5.73 Å². The summed E-state index contributed by atoms with van der Waals surface area (Å²) in [5.74, 6) is -1.01. The zero-order valence-electron chi connectivity index (χ0n) is 18.9. The zero-order chi connectivity index (χ0) is 24.7. The summed E-state index contributed by atoms with van der Waals surface area (Å²) >= 11 is 1.37. The number of nitrogens with two attached hydrogens (primary N) is 1. The molecule has 0 aliphatic heterocycles. The molecular formula is C24H24F3N5O2S. The van der Waals surface area contributed by atoms with Gasteiger partial charge in [-0.2, -0.15) is 18.3 Å². The first kappa shape index (κ1) is 23.5. The van der Waals surface area contributed by atoms with E-state index in [1.807, 2.05) is 0 Å². The molecule has 2 amide bonds. The number of aromatic nitrogens is 3. The fourth-order valence-corrected chi connectivity index (χ4v) is 6.27. The van der Waals surface area contributed by atoms with Gasteiger partial charge in [-0.05, 0) is 69.1 Å². The standard InChI is InChI=1S/C24H24F3N5O2S/c25-24(26,27)20-15-5-1-3-7-17(15)32(31-20)12-14-11-13(9-10-29-14)22(34)30-23-19(21(28)33)16-6-2-4-8-18(16)35-23/h9-11H,1-8,12H2,(H2,28,33)(H,30,34). The van der Waals surface area contributed by atoms with E-state index in [1.54, 1.807) is 0 Å². The Labute approximate surface area is 203 Å². The van der Waals surface area contributed by atoms with Crippen LogP contribution in [-0.2, 0) is 38.4 Å². The third-order valence-corrected chi connectivity index (χ3v) is 7.77. The number of halogens is 3. The van der Waals surface area contributed by atoms with Gasteiger partial charge >= 0.3 is 6.18 Å². The molecule has 2 aliphatic carbocycles. The number of rotatable bonds is 5. The quantitative estimate of drug-likeness (QED) is 0.535. The average Bonchev–Trinajstić information content (AvgIpc) is 3.37. The zero-order valence-corrected chi connectivity index (χ0v) is 19.7. The number of nitrogens with one attached hydrogen (secondary N) is 1. The molecule has 0 saturated heterocycles. The largest absolute Gasteiger partial charge is 0.435 e. The van der Waals surface area contributed by atoms with Gasteiger partial charge in [-0.25, -0.2) is 0 Å². The Hall–Kier alpha value is -3.21. The Morgan fingerprint density at radius 2 is 1.80 bits per heavy atom. The lowest BCUT2D eigenvalue weighted by Crippen LogP contribution is -2.19. The number of carbonyl (C=O) groups is 2. The van der Waals surface area contributed by atoms with Gasteiger partial charge in [0.25, 0.3) is 11.8 Å². The first-order valence-electron chi connectivity index (χ1n) is 11.6. The van der Waals surface area contributed by atoms with Crippen molar-refractivity contribution in [2.45, 2.75) is 64.1 Å². The van der Waals surface area contributed by atoms with E-state index >= 15 is 0 Å². The summed E-state index contributed by atoms with van der Waals surface area (Å²) in [5.41, 5.74) is 7.62. The molecule has 2 aliphatic rings. The van der Waals surface area contributed by atoms with Crippen molar-refractivity contribution in [3.63, 3.8) is 0 Å². The van der Waals surface area contributed by atoms with Crippen molar-refractivity contribution in [3.05, 3.63) is 62.5 Å². The number of carbonyl (C=O) groups excluding carboxylic acids is 2. The van der Waals surface area contributed by atoms with Crippen molar-refractivity contribution in [1.82, 2.24) is 14.8 Å². The van der Waals surface area contributed by atoms with E-state index in [1.165, 1.54) is 34.3 Å². The number of anilines is 1. The topological polar surface area (TPSA) is 103 Å². The third kappa shape index (κ3) is 4.56. The number of pyridine rings is 1. The lowest BCUT2D eigenvalue weighted by atomic mass is 9.95. The number of aryl methyl sites for hydroxylation is 1. The van der Waals surface area contributed by atoms with Crippen LogP contribution in [-0.4, -0.2) is 26.6 Å². The molecule has 0 spiro atoms. The predicted molar refractivity (Wildman–Crippen MR) is 125 cm³/mol. The minimum atomic E-state index is -4.51. The Bertz CT molecular complexity index is 1310. The van der Waals surface area contributed by atoms with Crippen LogP contribution >= 0.6 is 11.3 Å². The molecule has 184 valence electrons. The van der Waals surface area contributed by atoms with Gasteiger partial charge in [-0.15, -0.1) is 11.3 Å². The molecule has 35 heavy (non-hydrogen) atoms. The van der Waals surface area contributed by atoms with Crippen molar-refractivity contribution in [1.29, 1.82) is 0 Å². The monoisotopic (exact) mass is 503 g/mol. The molecule has 3 N–H and O–H groups in total. The van der Waals surface area contributed by atoms with Gasteiger partial charge in [0.15, 0.2) is 5.69 Å². The molecule has 7 nitrogen and oxygen atoms in total. The minimum Gasteiger partial charge on any atom is -0.365 e. The fourth-order valence-electron chi connectivity index (χ4n) is 4.98. The first-order valence-corrected chi connectivity index (χ1v) is 12.4. The summed E-state index contributed by atoms with van der Waals surface area (Å²) in [4.78, 5) is 30.4. The van der Waals surface area contributed by atoms with Crippen LogP contribution in [0.15, 0.2) is 18.3 Å². The highest BCUT2D eigenvalue weighted by atomic mass is 32.1. The van der Waals surface area contributed by atoms with Crippen molar-refractivity contribution in [3.8, 4) is 0 Å². The van der Waals surface area contributed by atoms with E-state index in [-0.39, 0.29) is 17.7 Å². The van der Waals surface area contributed by atoms with Gasteiger partial charge in [0.05, 0.1) is 17.8 Å². The van der Waals surface area contributed by atoms with Crippen LogP contribution in [0.1, 0.15) is 79.5 Å². The Morgan fingerprint density at radius 3 is 2.54 bits per heavy atom. The maximum absolute atomic E-state index is 13.5. The molecule has 0 unspecified atom stereocenters. The van der Waals surface area contributed by atoms with Crippen molar-refractivity contribution >= 4 is 28.2 Å². The number of primary amides is 1. The second-order valence-corrected chi connectivity index (χ2v) is 10.0. The van der Waals surface area contributed by atoms with Gasteiger partial charge in [0.1, 0.15) is 5.00 Å². The maximum Gasteiger partial charge on any atom is 0.435 e. The highest BCUT2D eigenvalue weighted by Crippen LogP contribution is 2.38. The summed E-state index contributed by atoms with van der Waals surface area (Å²) in [5, 5.41) is 7.11. The molecule has 5 rings (SSSR count). The van der Waals surface area contributed by atoms with Crippen LogP contribution in [0.3, 0.4) is 0 Å². The SMILES string of the molecule is NC(=O)c1c(NC(=O)c2ccnc(Cn3nc(C(F)(F)F)c4c3CCCC4)c2)sc2c1CCCC2. The van der Waals surface area contributed by atoms with Crippen molar-refractivity contribution in [2.24, 2.45) is 5.73 Å². The summed E-state index contributed by atoms with van der Waals surface area (Å²) in [7, 11) is 0. The Kier molecular flexibility index (Phi) is 6.12. The average molecular weight is 504 g/mol. The molecule has 3 aromatic rings. The molecule has 3 aromatic heterocycles. The Balaban J connectivity index is 1.40. The van der Waals surface area contributed by atoms with Gasteiger partial charge < -0.3 is 11.1 Å². The van der Waals surface area contributed by atoms with Crippen molar-refractivity contribution < 1.29 is 22.8 Å². The number of alkyl halides is 3. The number of amides is 2. The van der Waals surface area contributed by atoms with Crippen LogP contribution < -0.4 is 11.1 Å². The molecule has 0 bridgehead atoms. The van der Waals surface area contributed by atoms with E-state index in [9.17, 15) is 22.8 Å². The van der Waals surface area contributed by atoms with Gasteiger partial charge in [0, 0.05) is 27.9 Å². The van der Waals surface area contributed by atoms with E-state index in [2.05, 4.69) is 15.4 Å². The van der Waals surface area contributed by atoms with E-state index in [0.29, 0.717) is 41.2 Å². The summed E-state index contributed by atoms with van der Waals surface area (Å²) in [6.45, 7) is 0.0272. The van der Waals surface area contributed by atoms with Gasteiger partial charge in [0.2, 0.25) is 0 Å². The lowest BCUT2D eigenvalue weighted by Gasteiger charge is -2.14. The second-order valence-electron chi connectivity index (χ2n) is 8.91. The minimum absolute atomic E-state index is 0.0272. The normalized spacial score (nSPS) is 15.4. The number of thiophene rings is 1. The van der Waals surface area contributed by atoms with E-state index in [0.717, 1.165) is 42.5 Å². The highest BCUT2D eigenvalue weighted by molar-refractivity contribution is 7.17. The van der Waals surface area contributed by atoms with Crippen LogP contribution in [0.25, 0.3) is 0 Å². The third-order valence-electron chi connectivity index (χ3n) is 6.56. The van der Waals surface area contributed by atoms with Gasteiger partial charge in [-0.1, -0.05) is 0 Å². The number of nitrogens with zero attached hydrogens (tertiary/aromatic N) is 3. The van der Waals surface area contributed by atoms with Crippen LogP contribution in [0.5, 0.6) is 0 Å². The number of hydrogen-bond acceptors (Lipinski definition) is 5. The predicted octanol–water partition coefficient (Wildman–Crippen LogP) is 4.52. The molecule has 3 heterocycles. The Morgan fingerprint density at radius 1 is 1.09 bits per heavy atom. The van der Waals surface area contributed by atoms with Crippen molar-refractivity contribution in [2.75, 3.05) is 5.32 Å². The molecule has 11 heteroatoms. The molecule has 0 radical (unpaired) electrons. The molecular weight excluding hydrogens is 479 g/mol. The summed E-state index contributed by atoms with van der Waals surface area (Å²) in [6.07, 6.45) is 2.92. The maximum atomic E-state index is 13.5. The molecule has 0 atom stereocenters. The second kappa shape index (κ2) is 9.10. The number of fused-ring (bicyclic) bond motifs is 2. The lowest BCUT2D eigenvalue weighted by molar-refractivity contribution is -0.142. The molecule has 0 fully saturated rings. The van der Waals surface area contributed by atoms with Crippen LogP contribution in [0, 0.1) is 0 Å². The first-order chi connectivity index (χ1) is 16.7. The van der Waals surface area contributed by atoms with E-state index < -0.39 is 23.7 Å². The van der Waals surface area contributed by atoms with Gasteiger partial charge in [-0.3, -0.25) is 19.3 Å². The van der Waals surface area contributed by atoms with Crippen LogP contribution in [0.2, 0.25) is 0 Å². The molecule has 0 saturated carbocycles. The summed E-state index contributed by atoms with van der Waals surface area (Å²) in [6, 6.07) is 3.06. The number of hydrogen-bond donors (Lipinski definition) is 2. The van der Waals surface area contributed by atoms with Crippen LogP contribution in [0.4, 0.5) is 18.2 Å². The fraction of sp³-hybridized carbons (Fsp3) is 0.417. The highest BCUT2D eigenvalue weighted by Gasteiger charge is 2.39. The summed E-state index contributed by atoms with van der Waals surface area (Å²) < 4.78 is 41.9.